The molecule has 0 saturated heterocycles. The summed E-state index contributed by atoms with van der Waals surface area (Å²) in [5, 5.41) is 13.7. The zero-order chi connectivity index (χ0) is 21.3. The van der Waals surface area contributed by atoms with Crippen molar-refractivity contribution < 1.29 is 9.72 Å². The van der Waals surface area contributed by atoms with E-state index >= 15 is 0 Å². The van der Waals surface area contributed by atoms with E-state index < -0.39 is 16.4 Å². The van der Waals surface area contributed by atoms with Crippen molar-refractivity contribution in [2.45, 2.75) is 6.54 Å². The van der Waals surface area contributed by atoms with E-state index in [9.17, 15) is 19.7 Å². The van der Waals surface area contributed by atoms with Crippen LogP contribution in [0.2, 0.25) is 5.02 Å². The van der Waals surface area contributed by atoms with E-state index in [0.29, 0.717) is 21.9 Å². The molecule has 10 heteroatoms. The lowest BCUT2D eigenvalue weighted by Gasteiger charge is -2.06. The van der Waals surface area contributed by atoms with Crippen LogP contribution < -0.4 is 10.4 Å². The van der Waals surface area contributed by atoms with Gasteiger partial charge >= 0.3 is 0 Å². The molecule has 8 nitrogen and oxygen atoms in total. The van der Waals surface area contributed by atoms with E-state index in [4.69, 9.17) is 11.6 Å². The number of hydrogen-bond acceptors (Lipinski definition) is 5. The molecule has 0 bridgehead atoms. The summed E-state index contributed by atoms with van der Waals surface area (Å²) < 4.78 is 1.77. The normalized spacial score (nSPS) is 11.7. The second kappa shape index (κ2) is 8.05. The monoisotopic (exact) mass is 440 g/mol. The molecule has 2 aromatic heterocycles. The van der Waals surface area contributed by atoms with Gasteiger partial charge in [-0.3, -0.25) is 19.7 Å². The van der Waals surface area contributed by atoms with Gasteiger partial charge in [-0.25, -0.2) is 0 Å². The van der Waals surface area contributed by atoms with Gasteiger partial charge in [-0.05, 0) is 17.7 Å². The van der Waals surface area contributed by atoms with Crippen molar-refractivity contribution in [3.8, 4) is 0 Å². The number of nitro groups is 1. The SMILES string of the molecule is O=C(N=c1sccn1Cc1ccccc1Cl)c1cc(=O)[nH]c2ccc([N+](=O)[O-])cc12. The number of pyridine rings is 1. The molecule has 0 radical (unpaired) electrons. The molecule has 0 aliphatic heterocycles. The Balaban J connectivity index is 1.79. The number of thiazole rings is 1. The lowest BCUT2D eigenvalue weighted by molar-refractivity contribution is -0.384. The standard InChI is InChI=1S/C20H13ClN4O4S/c21-16-4-2-1-3-12(16)11-24-7-8-30-20(24)23-19(27)15-10-18(26)22-17-6-5-13(25(28)29)9-14(15)17/h1-10H,11H2,(H,22,26). The van der Waals surface area contributed by atoms with Gasteiger partial charge in [0.2, 0.25) is 5.56 Å². The highest BCUT2D eigenvalue weighted by atomic mass is 35.5. The average Bonchev–Trinajstić information content (AvgIpc) is 3.15. The second-order valence-corrected chi connectivity index (χ2v) is 7.64. The molecular weight excluding hydrogens is 428 g/mol. The Kier molecular flexibility index (Phi) is 5.30. The minimum Gasteiger partial charge on any atom is -0.322 e. The van der Waals surface area contributed by atoms with Gasteiger partial charge in [0.1, 0.15) is 0 Å². The Labute approximate surface area is 177 Å². The summed E-state index contributed by atoms with van der Waals surface area (Å²) in [7, 11) is 0. The third-order valence-corrected chi connectivity index (χ3v) is 5.59. The minimum absolute atomic E-state index is 0.00450. The summed E-state index contributed by atoms with van der Waals surface area (Å²) in [6.07, 6.45) is 1.78. The number of non-ortho nitro benzene ring substituents is 1. The Morgan fingerprint density at radius 2 is 2.03 bits per heavy atom. The molecule has 4 aromatic rings. The first-order valence-electron chi connectivity index (χ1n) is 8.70. The maximum absolute atomic E-state index is 12.9. The van der Waals surface area contributed by atoms with E-state index in [0.717, 1.165) is 11.6 Å². The Hall–Kier alpha value is -3.56. The van der Waals surface area contributed by atoms with Crippen molar-refractivity contribution in [2.75, 3.05) is 0 Å². The number of aromatic nitrogens is 2. The number of nitrogens with zero attached hydrogens (tertiary/aromatic N) is 3. The van der Waals surface area contributed by atoms with Crippen molar-refractivity contribution in [1.29, 1.82) is 0 Å². The van der Waals surface area contributed by atoms with Crippen LogP contribution in [0.1, 0.15) is 15.9 Å². The van der Waals surface area contributed by atoms with Gasteiger partial charge in [-0.15, -0.1) is 11.3 Å². The highest BCUT2D eigenvalue weighted by Crippen LogP contribution is 2.22. The van der Waals surface area contributed by atoms with Gasteiger partial charge in [-0.1, -0.05) is 29.8 Å². The number of fused-ring (bicyclic) bond motifs is 1. The van der Waals surface area contributed by atoms with E-state index in [1.807, 2.05) is 18.2 Å². The van der Waals surface area contributed by atoms with Crippen LogP contribution in [0.25, 0.3) is 10.9 Å². The largest absolute Gasteiger partial charge is 0.322 e. The number of amides is 1. The van der Waals surface area contributed by atoms with Crippen LogP contribution in [0.5, 0.6) is 0 Å². The number of aromatic amines is 1. The maximum atomic E-state index is 12.9. The summed E-state index contributed by atoms with van der Waals surface area (Å²) >= 11 is 7.47. The van der Waals surface area contributed by atoms with Gasteiger partial charge in [0, 0.05) is 45.7 Å². The molecular formula is C20H13ClN4O4S. The zero-order valence-electron chi connectivity index (χ0n) is 15.2. The fourth-order valence-corrected chi connectivity index (χ4v) is 3.92. The van der Waals surface area contributed by atoms with Gasteiger partial charge in [0.25, 0.3) is 11.6 Å². The molecule has 0 fully saturated rings. The molecule has 0 spiro atoms. The summed E-state index contributed by atoms with van der Waals surface area (Å²) in [4.78, 5) is 42.6. The smallest absolute Gasteiger partial charge is 0.280 e. The number of halogens is 1. The molecule has 0 aliphatic rings. The Morgan fingerprint density at radius 1 is 1.23 bits per heavy atom. The van der Waals surface area contributed by atoms with E-state index in [1.54, 1.807) is 22.2 Å². The van der Waals surface area contributed by atoms with Gasteiger partial charge < -0.3 is 9.55 Å². The first-order chi connectivity index (χ1) is 14.4. The first-order valence-corrected chi connectivity index (χ1v) is 9.96. The summed E-state index contributed by atoms with van der Waals surface area (Å²) in [6.45, 7) is 0.414. The molecule has 0 aliphatic carbocycles. The summed E-state index contributed by atoms with van der Waals surface area (Å²) in [5.74, 6) is -0.665. The maximum Gasteiger partial charge on any atom is 0.280 e. The predicted octanol–water partition coefficient (Wildman–Crippen LogP) is 3.74. The van der Waals surface area contributed by atoms with Crippen molar-refractivity contribution in [3.05, 3.63) is 102 Å². The molecule has 4 rings (SSSR count). The van der Waals surface area contributed by atoms with Crippen LogP contribution in [0, 0.1) is 10.1 Å². The number of hydrogen-bond donors (Lipinski definition) is 1. The minimum atomic E-state index is -0.665. The highest BCUT2D eigenvalue weighted by Gasteiger charge is 2.15. The fraction of sp³-hybridized carbons (Fsp3) is 0.0500. The lowest BCUT2D eigenvalue weighted by Crippen LogP contribution is -2.18. The molecule has 1 amide bonds. The molecule has 1 N–H and O–H groups in total. The zero-order valence-corrected chi connectivity index (χ0v) is 16.8. The van der Waals surface area contributed by atoms with Gasteiger partial charge in [0.05, 0.1) is 17.0 Å². The fourth-order valence-electron chi connectivity index (χ4n) is 3.00. The number of rotatable bonds is 4. The number of benzene rings is 2. The number of carbonyl (C=O) groups is 1. The van der Waals surface area contributed by atoms with E-state index in [1.165, 1.54) is 29.5 Å². The van der Waals surface area contributed by atoms with Crippen LogP contribution in [0.4, 0.5) is 5.69 Å². The van der Waals surface area contributed by atoms with Crippen molar-refractivity contribution in [1.82, 2.24) is 9.55 Å². The molecule has 0 atom stereocenters. The lowest BCUT2D eigenvalue weighted by atomic mass is 10.1. The van der Waals surface area contributed by atoms with Crippen LogP contribution in [-0.2, 0) is 6.54 Å². The average molecular weight is 441 g/mol. The molecule has 0 unspecified atom stereocenters. The topological polar surface area (TPSA) is 110 Å². The number of nitrogens with one attached hydrogen (secondary N) is 1. The number of nitro benzene ring substituents is 1. The Morgan fingerprint density at radius 3 is 2.80 bits per heavy atom. The molecule has 2 aromatic carbocycles. The van der Waals surface area contributed by atoms with Crippen molar-refractivity contribution in [2.24, 2.45) is 4.99 Å². The number of H-pyrrole nitrogens is 1. The molecule has 150 valence electrons. The Bertz CT molecular complexity index is 1420. The van der Waals surface area contributed by atoms with E-state index in [2.05, 4.69) is 9.98 Å². The van der Waals surface area contributed by atoms with Gasteiger partial charge in [0.15, 0.2) is 4.80 Å². The predicted molar refractivity (Wildman–Crippen MR) is 114 cm³/mol. The van der Waals surface area contributed by atoms with Gasteiger partial charge in [-0.2, -0.15) is 4.99 Å². The first kappa shape index (κ1) is 19.7. The second-order valence-electron chi connectivity index (χ2n) is 6.36. The molecule has 30 heavy (non-hydrogen) atoms. The van der Waals surface area contributed by atoms with Crippen LogP contribution in [0.3, 0.4) is 0 Å². The van der Waals surface area contributed by atoms with E-state index in [-0.39, 0.29) is 16.6 Å². The van der Waals surface area contributed by atoms with Crippen LogP contribution in [0.15, 0.2) is 69.9 Å². The van der Waals surface area contributed by atoms with Crippen molar-refractivity contribution >= 4 is 45.4 Å². The molecule has 0 saturated carbocycles. The number of carbonyl (C=O) groups excluding carboxylic acids is 1. The quantitative estimate of drug-likeness (QED) is 0.385. The van der Waals surface area contributed by atoms with Crippen LogP contribution >= 0.6 is 22.9 Å². The highest BCUT2D eigenvalue weighted by molar-refractivity contribution is 7.07. The van der Waals surface area contributed by atoms with Crippen LogP contribution in [-0.4, -0.2) is 20.4 Å². The molecule has 2 heterocycles. The summed E-state index contributed by atoms with van der Waals surface area (Å²) in [5.41, 5.74) is 0.499. The van der Waals surface area contributed by atoms with Crippen molar-refractivity contribution in [3.63, 3.8) is 0 Å². The summed E-state index contributed by atoms with van der Waals surface area (Å²) in [6, 6.07) is 12.4. The third-order valence-electron chi connectivity index (χ3n) is 4.42. The third kappa shape index (κ3) is 3.93.